The molecule has 22 heavy (non-hydrogen) atoms. The van der Waals surface area contributed by atoms with Crippen molar-refractivity contribution in [3.05, 3.63) is 40.2 Å². The molecule has 1 aromatic carbocycles. The number of H-pyrrole nitrogens is 1. The molecule has 118 valence electrons. The molecule has 1 unspecified atom stereocenters. The number of pyridine rings is 1. The number of aromatic amines is 1. The van der Waals surface area contributed by atoms with Crippen LogP contribution in [0.2, 0.25) is 0 Å². The summed E-state index contributed by atoms with van der Waals surface area (Å²) in [7, 11) is 1.51. The van der Waals surface area contributed by atoms with E-state index in [9.17, 15) is 9.59 Å². The van der Waals surface area contributed by atoms with E-state index in [-0.39, 0.29) is 11.0 Å². The maximum Gasteiger partial charge on any atom is 0.258 e. The van der Waals surface area contributed by atoms with E-state index < -0.39 is 12.1 Å². The smallest absolute Gasteiger partial charge is 0.258 e. The first-order valence-corrected chi connectivity index (χ1v) is 7.22. The topological polar surface area (TPSA) is 80.4 Å². The second kappa shape index (κ2) is 7.09. The molecule has 1 amide bonds. The minimum Gasteiger partial charge on any atom is -0.494 e. The maximum atomic E-state index is 12.5. The molecular formula is C16H20N2O4. The van der Waals surface area contributed by atoms with Crippen molar-refractivity contribution in [2.24, 2.45) is 0 Å². The molecule has 0 saturated carbocycles. The van der Waals surface area contributed by atoms with Gasteiger partial charge in [0.15, 0.2) is 0 Å². The summed E-state index contributed by atoms with van der Waals surface area (Å²) in [6.45, 7) is 4.26. The molecule has 6 nitrogen and oxygen atoms in total. The summed E-state index contributed by atoms with van der Waals surface area (Å²) in [5.74, 6) is 0.139. The Balaban J connectivity index is 2.40. The van der Waals surface area contributed by atoms with E-state index in [2.05, 4.69) is 10.3 Å². The normalized spacial score (nSPS) is 12.1. The zero-order valence-electron chi connectivity index (χ0n) is 12.9. The van der Waals surface area contributed by atoms with Crippen molar-refractivity contribution < 1.29 is 14.3 Å². The predicted octanol–water partition coefficient (Wildman–Crippen LogP) is 2.04. The fourth-order valence-corrected chi connectivity index (χ4v) is 2.17. The molecule has 0 bridgehead atoms. The van der Waals surface area contributed by atoms with E-state index in [0.29, 0.717) is 29.7 Å². The van der Waals surface area contributed by atoms with Crippen LogP contribution in [0.5, 0.6) is 5.75 Å². The van der Waals surface area contributed by atoms with Gasteiger partial charge in [0.1, 0.15) is 17.5 Å². The van der Waals surface area contributed by atoms with Crippen molar-refractivity contribution in [3.8, 4) is 5.75 Å². The number of methoxy groups -OCH3 is 1. The average molecular weight is 304 g/mol. The Morgan fingerprint density at radius 3 is 2.77 bits per heavy atom. The monoisotopic (exact) mass is 304 g/mol. The van der Waals surface area contributed by atoms with Gasteiger partial charge in [-0.25, -0.2) is 0 Å². The molecule has 6 heteroatoms. The van der Waals surface area contributed by atoms with Crippen LogP contribution in [0.15, 0.2) is 29.2 Å². The van der Waals surface area contributed by atoms with Crippen LogP contribution in [-0.2, 0) is 4.74 Å². The van der Waals surface area contributed by atoms with Gasteiger partial charge >= 0.3 is 0 Å². The number of nitrogens with one attached hydrogen (secondary N) is 2. The molecule has 1 heterocycles. The number of carbonyl (C=O) groups is 1. The molecule has 2 aromatic rings. The summed E-state index contributed by atoms with van der Waals surface area (Å²) >= 11 is 0. The molecule has 0 aliphatic heterocycles. The Hall–Kier alpha value is -2.34. The van der Waals surface area contributed by atoms with E-state index in [4.69, 9.17) is 9.47 Å². The number of fused-ring (bicyclic) bond motifs is 1. The summed E-state index contributed by atoms with van der Waals surface area (Å²) in [5.41, 5.74) is 0.374. The second-order valence-electron chi connectivity index (χ2n) is 4.78. The molecule has 1 aromatic heterocycles. The summed E-state index contributed by atoms with van der Waals surface area (Å²) in [6, 6.07) is 5.18. The number of ether oxygens (including phenoxy) is 2. The molecule has 0 aliphatic carbocycles. The zero-order valence-corrected chi connectivity index (χ0v) is 12.9. The summed E-state index contributed by atoms with van der Waals surface area (Å²) in [6.07, 6.45) is 1.61. The van der Waals surface area contributed by atoms with Gasteiger partial charge in [0, 0.05) is 24.2 Å². The number of carbonyl (C=O) groups excluding carboxylic acids is 1. The third-order valence-electron chi connectivity index (χ3n) is 3.36. The van der Waals surface area contributed by atoms with Gasteiger partial charge in [0.25, 0.3) is 5.91 Å². The summed E-state index contributed by atoms with van der Waals surface area (Å²) < 4.78 is 10.5. The van der Waals surface area contributed by atoms with E-state index >= 15 is 0 Å². The first-order chi connectivity index (χ1) is 10.6. The first kappa shape index (κ1) is 16.0. The standard InChI is InChI=1S/C16H20N2O4/c1-4-14(21-3)18-16(20)12-9-17-13-7-6-10(22-5-2)8-11(13)15(12)19/h6-9,14H,4-5H2,1-3H3,(H,17,19)(H,18,20). The van der Waals surface area contributed by atoms with Crippen molar-refractivity contribution in [3.63, 3.8) is 0 Å². The quantitative estimate of drug-likeness (QED) is 0.800. The third kappa shape index (κ3) is 3.28. The highest BCUT2D eigenvalue weighted by Gasteiger charge is 2.16. The van der Waals surface area contributed by atoms with Crippen molar-refractivity contribution in [2.45, 2.75) is 26.5 Å². The van der Waals surface area contributed by atoms with Gasteiger partial charge < -0.3 is 19.8 Å². The summed E-state index contributed by atoms with van der Waals surface area (Å²) in [5, 5.41) is 3.09. The largest absolute Gasteiger partial charge is 0.494 e. The van der Waals surface area contributed by atoms with Gasteiger partial charge in [-0.15, -0.1) is 0 Å². The van der Waals surface area contributed by atoms with Crippen LogP contribution >= 0.6 is 0 Å². The van der Waals surface area contributed by atoms with Gasteiger partial charge in [-0.05, 0) is 31.5 Å². The molecule has 1 atom stereocenters. The molecule has 2 N–H and O–H groups in total. The highest BCUT2D eigenvalue weighted by atomic mass is 16.5. The van der Waals surface area contributed by atoms with Crippen molar-refractivity contribution >= 4 is 16.8 Å². The molecular weight excluding hydrogens is 284 g/mol. The zero-order chi connectivity index (χ0) is 16.1. The Morgan fingerprint density at radius 2 is 2.14 bits per heavy atom. The number of hydrogen-bond acceptors (Lipinski definition) is 4. The Morgan fingerprint density at radius 1 is 1.36 bits per heavy atom. The number of hydrogen-bond donors (Lipinski definition) is 2. The van der Waals surface area contributed by atoms with Crippen LogP contribution in [-0.4, -0.2) is 30.8 Å². The van der Waals surface area contributed by atoms with E-state index in [1.54, 1.807) is 18.2 Å². The number of amides is 1. The van der Waals surface area contributed by atoms with Gasteiger partial charge in [-0.2, -0.15) is 0 Å². The predicted molar refractivity (Wildman–Crippen MR) is 84.3 cm³/mol. The molecule has 0 saturated heterocycles. The van der Waals surface area contributed by atoms with Crippen molar-refractivity contribution in [1.82, 2.24) is 10.3 Å². The lowest BCUT2D eigenvalue weighted by atomic mass is 10.1. The fourth-order valence-electron chi connectivity index (χ4n) is 2.17. The highest BCUT2D eigenvalue weighted by Crippen LogP contribution is 2.17. The lowest BCUT2D eigenvalue weighted by Gasteiger charge is -2.14. The van der Waals surface area contributed by atoms with Gasteiger partial charge in [0.2, 0.25) is 5.43 Å². The van der Waals surface area contributed by atoms with Crippen LogP contribution < -0.4 is 15.5 Å². The van der Waals surface area contributed by atoms with Crippen molar-refractivity contribution in [1.29, 1.82) is 0 Å². The van der Waals surface area contributed by atoms with E-state index in [0.717, 1.165) is 0 Å². The summed E-state index contributed by atoms with van der Waals surface area (Å²) in [4.78, 5) is 27.7. The maximum absolute atomic E-state index is 12.5. The number of benzene rings is 1. The van der Waals surface area contributed by atoms with E-state index in [1.165, 1.54) is 13.3 Å². The van der Waals surface area contributed by atoms with Gasteiger partial charge in [-0.3, -0.25) is 9.59 Å². The Kier molecular flexibility index (Phi) is 5.16. The van der Waals surface area contributed by atoms with Gasteiger partial charge in [0.05, 0.1) is 6.61 Å². The minimum absolute atomic E-state index is 0.0525. The molecule has 0 spiro atoms. The first-order valence-electron chi connectivity index (χ1n) is 7.22. The SMILES string of the molecule is CCOc1ccc2[nH]cc(C(=O)NC(CC)OC)c(=O)c2c1. The average Bonchev–Trinajstić information content (AvgIpc) is 2.53. The van der Waals surface area contributed by atoms with Crippen molar-refractivity contribution in [2.75, 3.05) is 13.7 Å². The minimum atomic E-state index is -0.460. The molecule has 0 radical (unpaired) electrons. The van der Waals surface area contributed by atoms with Gasteiger partial charge in [-0.1, -0.05) is 6.92 Å². The fraction of sp³-hybridized carbons (Fsp3) is 0.375. The Labute approximate surface area is 128 Å². The Bertz CT molecular complexity index is 720. The van der Waals surface area contributed by atoms with Crippen LogP contribution in [0, 0.1) is 0 Å². The molecule has 0 aliphatic rings. The molecule has 2 rings (SSSR count). The van der Waals surface area contributed by atoms with Crippen LogP contribution in [0.4, 0.5) is 0 Å². The third-order valence-corrected chi connectivity index (χ3v) is 3.36. The lowest BCUT2D eigenvalue weighted by molar-refractivity contribution is 0.0562. The number of rotatable bonds is 6. The number of aromatic nitrogens is 1. The lowest BCUT2D eigenvalue weighted by Crippen LogP contribution is -2.38. The molecule has 0 fully saturated rings. The highest BCUT2D eigenvalue weighted by molar-refractivity contribution is 5.97. The second-order valence-corrected chi connectivity index (χ2v) is 4.78. The van der Waals surface area contributed by atoms with Crippen LogP contribution in [0.25, 0.3) is 10.9 Å². The van der Waals surface area contributed by atoms with E-state index in [1.807, 2.05) is 13.8 Å². The van der Waals surface area contributed by atoms with Crippen LogP contribution in [0.1, 0.15) is 30.6 Å². The van der Waals surface area contributed by atoms with Crippen LogP contribution in [0.3, 0.4) is 0 Å².